The molecule has 0 bridgehead atoms. The molecule has 2 nitrogen and oxygen atoms in total. The number of rotatable bonds is 5. The molecule has 0 radical (unpaired) electrons. The maximum atomic E-state index is 14.3. The van der Waals surface area contributed by atoms with Crippen LogP contribution < -0.4 is 5.32 Å². The van der Waals surface area contributed by atoms with Crippen LogP contribution in [0.15, 0.2) is 36.4 Å². The summed E-state index contributed by atoms with van der Waals surface area (Å²) >= 11 is 0. The summed E-state index contributed by atoms with van der Waals surface area (Å²) in [5.74, 6) is -1.81. The Morgan fingerprint density at radius 1 is 1.00 bits per heavy atom. The lowest BCUT2D eigenvalue weighted by atomic mass is 9.74. The van der Waals surface area contributed by atoms with E-state index in [4.69, 9.17) is 0 Å². The van der Waals surface area contributed by atoms with Gasteiger partial charge in [-0.1, -0.05) is 13.8 Å². The van der Waals surface area contributed by atoms with E-state index in [-0.39, 0.29) is 24.0 Å². The largest absolute Gasteiger partial charge is 0.352 e. The van der Waals surface area contributed by atoms with Gasteiger partial charge >= 0.3 is 0 Å². The minimum Gasteiger partial charge on any atom is -0.352 e. The highest BCUT2D eigenvalue weighted by atomic mass is 19.3. The number of nitrogens with one attached hydrogen (secondary N) is 2. The van der Waals surface area contributed by atoms with Gasteiger partial charge in [-0.05, 0) is 60.2 Å². The lowest BCUT2D eigenvalue weighted by Gasteiger charge is -2.36. The van der Waals surface area contributed by atoms with E-state index in [1.54, 1.807) is 12.1 Å². The van der Waals surface area contributed by atoms with Crippen molar-refractivity contribution in [2.75, 3.05) is 6.54 Å². The van der Waals surface area contributed by atoms with E-state index in [1.807, 2.05) is 13.8 Å². The summed E-state index contributed by atoms with van der Waals surface area (Å²) in [4.78, 5) is 3.01. The fourth-order valence-corrected chi connectivity index (χ4v) is 3.78. The molecular weight excluding hydrogens is 387 g/mol. The van der Waals surface area contributed by atoms with Crippen LogP contribution in [-0.4, -0.2) is 24.0 Å². The first-order valence-electron chi connectivity index (χ1n) is 9.70. The zero-order valence-electron chi connectivity index (χ0n) is 16.2. The molecule has 4 rings (SSSR count). The highest BCUT2D eigenvalue weighted by molar-refractivity contribution is 5.92. The molecule has 1 aromatic heterocycles. The maximum Gasteiger partial charge on any atom is 0.250 e. The zero-order valence-corrected chi connectivity index (χ0v) is 16.2. The van der Waals surface area contributed by atoms with Crippen molar-refractivity contribution in [3.05, 3.63) is 59.4 Å². The molecule has 29 heavy (non-hydrogen) atoms. The van der Waals surface area contributed by atoms with Crippen LogP contribution >= 0.6 is 0 Å². The number of fused-ring (bicyclic) bond motifs is 1. The predicted octanol–water partition coefficient (Wildman–Crippen LogP) is 6.38. The predicted molar refractivity (Wildman–Crippen MR) is 105 cm³/mol. The quantitative estimate of drug-likeness (QED) is 0.470. The van der Waals surface area contributed by atoms with Gasteiger partial charge in [-0.25, -0.2) is 22.0 Å². The van der Waals surface area contributed by atoms with Gasteiger partial charge in [0.05, 0.1) is 17.8 Å². The smallest absolute Gasteiger partial charge is 0.250 e. The molecule has 3 aromatic rings. The first-order chi connectivity index (χ1) is 13.9. The molecule has 2 aromatic carbocycles. The maximum absolute atomic E-state index is 14.3. The van der Waals surface area contributed by atoms with E-state index in [1.165, 1.54) is 18.2 Å². The zero-order chi connectivity index (χ0) is 21.1. The Hall–Kier alpha value is -2.41. The molecule has 7 heteroatoms. The van der Waals surface area contributed by atoms with Gasteiger partial charge in [0.2, 0.25) is 0 Å². The SMILES string of the molecule is CC.Fc1ccc(-c2[nH]c3c(F)cc(F)cc3c2C2CC(NCC(F)F)C2)cc1. The van der Waals surface area contributed by atoms with Crippen LogP contribution in [0.1, 0.15) is 38.2 Å². The third-order valence-corrected chi connectivity index (χ3v) is 5.10. The molecule has 1 saturated carbocycles. The summed E-state index contributed by atoms with van der Waals surface area (Å²) in [5, 5.41) is 3.22. The van der Waals surface area contributed by atoms with Gasteiger partial charge in [0.1, 0.15) is 17.5 Å². The molecule has 0 unspecified atom stereocenters. The van der Waals surface area contributed by atoms with Gasteiger partial charge in [0.25, 0.3) is 6.43 Å². The summed E-state index contributed by atoms with van der Waals surface area (Å²) in [6, 6.07) is 7.77. The Morgan fingerprint density at radius 2 is 1.66 bits per heavy atom. The van der Waals surface area contributed by atoms with Gasteiger partial charge in [-0.3, -0.25) is 0 Å². The molecule has 0 atom stereocenters. The van der Waals surface area contributed by atoms with Gasteiger partial charge in [0, 0.05) is 17.5 Å². The van der Waals surface area contributed by atoms with Crippen LogP contribution in [0, 0.1) is 17.5 Å². The van der Waals surface area contributed by atoms with Crippen molar-refractivity contribution >= 4 is 10.9 Å². The number of benzene rings is 2. The molecule has 0 amide bonds. The molecular formula is C22H23F5N2. The topological polar surface area (TPSA) is 27.8 Å². The van der Waals surface area contributed by atoms with Crippen molar-refractivity contribution in [1.82, 2.24) is 10.3 Å². The summed E-state index contributed by atoms with van der Waals surface area (Å²) in [5.41, 5.74) is 2.19. The third-order valence-electron chi connectivity index (χ3n) is 5.10. The van der Waals surface area contributed by atoms with E-state index >= 15 is 0 Å². The Balaban J connectivity index is 0.00000117. The summed E-state index contributed by atoms with van der Waals surface area (Å²) in [6.07, 6.45) is -1.24. The van der Waals surface area contributed by atoms with Gasteiger partial charge in [-0.2, -0.15) is 0 Å². The Kier molecular flexibility index (Phi) is 6.57. The first kappa shape index (κ1) is 21.3. The summed E-state index contributed by atoms with van der Waals surface area (Å²) in [6.45, 7) is 3.62. The lowest BCUT2D eigenvalue weighted by Crippen LogP contribution is -2.42. The third kappa shape index (κ3) is 4.45. The van der Waals surface area contributed by atoms with E-state index < -0.39 is 23.9 Å². The molecule has 1 heterocycles. The van der Waals surface area contributed by atoms with Crippen molar-refractivity contribution in [1.29, 1.82) is 0 Å². The average Bonchev–Trinajstić information content (AvgIpc) is 3.02. The molecule has 0 saturated heterocycles. The molecule has 2 N–H and O–H groups in total. The van der Waals surface area contributed by atoms with E-state index in [2.05, 4.69) is 10.3 Å². The normalized spacial score (nSPS) is 18.5. The number of hydrogen-bond donors (Lipinski definition) is 2. The molecule has 156 valence electrons. The minimum atomic E-state index is -2.42. The van der Waals surface area contributed by atoms with Crippen molar-refractivity contribution in [3.8, 4) is 11.3 Å². The van der Waals surface area contributed by atoms with Crippen LogP contribution in [0.5, 0.6) is 0 Å². The van der Waals surface area contributed by atoms with Crippen LogP contribution in [-0.2, 0) is 0 Å². The molecule has 1 aliphatic rings. The highest BCUT2D eigenvalue weighted by Gasteiger charge is 2.34. The van der Waals surface area contributed by atoms with Crippen molar-refractivity contribution in [2.24, 2.45) is 0 Å². The Bertz CT molecular complexity index is 959. The number of aromatic nitrogens is 1. The molecule has 0 aliphatic heterocycles. The van der Waals surface area contributed by atoms with Gasteiger partial charge in [-0.15, -0.1) is 0 Å². The second-order valence-electron chi connectivity index (χ2n) is 6.90. The fraction of sp³-hybridized carbons (Fsp3) is 0.364. The van der Waals surface area contributed by atoms with Crippen LogP contribution in [0.2, 0.25) is 0 Å². The standard InChI is InChI=1S/C20H17F5N2.C2H6/c21-12-3-1-10(2-4-12)19-18(11-5-14(6-11)26-9-17(24)25)15-7-13(22)8-16(23)20(15)27-19;1-2/h1-4,7-8,11,14,17,26-27H,5-6,9H2;1-2H3. The Labute approximate surface area is 166 Å². The minimum absolute atomic E-state index is 0.0322. The number of halogens is 5. The molecule has 1 aliphatic carbocycles. The fourth-order valence-electron chi connectivity index (χ4n) is 3.78. The van der Waals surface area contributed by atoms with Crippen LogP contribution in [0.3, 0.4) is 0 Å². The summed E-state index contributed by atoms with van der Waals surface area (Å²) < 4.78 is 66.1. The number of aromatic amines is 1. The van der Waals surface area contributed by atoms with E-state index in [0.29, 0.717) is 29.5 Å². The van der Waals surface area contributed by atoms with Crippen molar-refractivity contribution in [3.63, 3.8) is 0 Å². The number of H-pyrrole nitrogens is 1. The number of hydrogen-bond acceptors (Lipinski definition) is 1. The monoisotopic (exact) mass is 410 g/mol. The van der Waals surface area contributed by atoms with E-state index in [9.17, 15) is 22.0 Å². The second kappa shape index (κ2) is 8.95. The second-order valence-corrected chi connectivity index (χ2v) is 6.90. The Morgan fingerprint density at radius 3 is 2.28 bits per heavy atom. The first-order valence-corrected chi connectivity index (χ1v) is 9.70. The van der Waals surface area contributed by atoms with Crippen molar-refractivity contribution < 1.29 is 22.0 Å². The van der Waals surface area contributed by atoms with Crippen LogP contribution in [0.25, 0.3) is 22.2 Å². The molecule has 0 spiro atoms. The van der Waals surface area contributed by atoms with E-state index in [0.717, 1.165) is 11.6 Å². The summed E-state index contributed by atoms with van der Waals surface area (Å²) in [7, 11) is 0. The highest BCUT2D eigenvalue weighted by Crippen LogP contribution is 2.45. The van der Waals surface area contributed by atoms with Gasteiger partial charge in [0.15, 0.2) is 0 Å². The van der Waals surface area contributed by atoms with Crippen molar-refractivity contribution in [2.45, 2.75) is 45.1 Å². The number of alkyl halides is 2. The van der Waals surface area contributed by atoms with Gasteiger partial charge < -0.3 is 10.3 Å². The lowest BCUT2D eigenvalue weighted by molar-refractivity contribution is 0.131. The average molecular weight is 410 g/mol. The van der Waals surface area contributed by atoms with Crippen LogP contribution in [0.4, 0.5) is 22.0 Å². The molecule has 1 fully saturated rings.